The van der Waals surface area contributed by atoms with Crippen LogP contribution in [0.25, 0.3) is 0 Å². The summed E-state index contributed by atoms with van der Waals surface area (Å²) < 4.78 is 5.08. The first-order chi connectivity index (χ1) is 12.5. The number of carbonyl (C=O) groups excluding carboxylic acids is 3. The first kappa shape index (κ1) is 18.8. The summed E-state index contributed by atoms with van der Waals surface area (Å²) in [5.41, 5.74) is 0.757. The Labute approximate surface area is 157 Å². The van der Waals surface area contributed by atoms with Crippen LogP contribution < -0.4 is 10.6 Å². The quantitative estimate of drug-likeness (QED) is 0.772. The number of fused-ring (bicyclic) bond motifs is 1. The molecule has 0 unspecified atom stereocenters. The molecule has 1 aromatic carbocycles. The molecule has 7 heteroatoms. The molecule has 1 fully saturated rings. The number of thioether (sulfide) groups is 1. The number of hydrogen-bond acceptors (Lipinski definition) is 5. The molecule has 0 bridgehead atoms. The molecule has 140 valence electrons. The van der Waals surface area contributed by atoms with Crippen molar-refractivity contribution in [1.82, 2.24) is 5.32 Å². The molecule has 2 aliphatic rings. The molecular formula is C19H24N2O4S. The van der Waals surface area contributed by atoms with E-state index in [-0.39, 0.29) is 30.9 Å². The normalized spacial score (nSPS) is 25.0. The van der Waals surface area contributed by atoms with E-state index >= 15 is 0 Å². The Bertz CT molecular complexity index is 694. The zero-order chi connectivity index (χ0) is 18.5. The molecular weight excluding hydrogens is 352 g/mol. The van der Waals surface area contributed by atoms with E-state index in [1.165, 1.54) is 18.2 Å². The number of amides is 2. The minimum absolute atomic E-state index is 0.0576. The second-order valence-corrected chi connectivity index (χ2v) is 8.14. The largest absolute Gasteiger partial charge is 0.456 e. The molecule has 1 aliphatic heterocycles. The van der Waals surface area contributed by atoms with Crippen LogP contribution in [0.3, 0.4) is 0 Å². The van der Waals surface area contributed by atoms with Gasteiger partial charge in [0.25, 0.3) is 5.91 Å². The summed E-state index contributed by atoms with van der Waals surface area (Å²) in [7, 11) is 0. The van der Waals surface area contributed by atoms with Crippen molar-refractivity contribution in [2.24, 2.45) is 5.92 Å². The first-order valence-corrected chi connectivity index (χ1v) is 9.92. The fourth-order valence-corrected chi connectivity index (χ4v) is 4.46. The van der Waals surface area contributed by atoms with Crippen LogP contribution in [0.2, 0.25) is 0 Å². The van der Waals surface area contributed by atoms with Crippen LogP contribution in [-0.4, -0.2) is 35.7 Å². The smallest absolute Gasteiger partial charge is 0.307 e. The van der Waals surface area contributed by atoms with Crippen LogP contribution in [0, 0.1) is 5.92 Å². The second-order valence-electron chi connectivity index (χ2n) is 6.89. The number of anilines is 1. The van der Waals surface area contributed by atoms with Crippen molar-refractivity contribution in [3.63, 3.8) is 0 Å². The minimum Gasteiger partial charge on any atom is -0.456 e. The first-order valence-electron chi connectivity index (χ1n) is 9.04. The van der Waals surface area contributed by atoms with E-state index in [2.05, 4.69) is 17.6 Å². The molecule has 0 saturated heterocycles. The lowest BCUT2D eigenvalue weighted by molar-refractivity contribution is -0.149. The lowest BCUT2D eigenvalue weighted by Gasteiger charge is -2.29. The van der Waals surface area contributed by atoms with Gasteiger partial charge >= 0.3 is 5.97 Å². The predicted octanol–water partition coefficient (Wildman–Crippen LogP) is 2.73. The molecule has 2 amide bonds. The van der Waals surface area contributed by atoms with Crippen molar-refractivity contribution in [3.8, 4) is 0 Å². The Morgan fingerprint density at radius 1 is 1.27 bits per heavy atom. The lowest BCUT2D eigenvalue weighted by Crippen LogP contribution is -2.43. The highest BCUT2D eigenvalue weighted by atomic mass is 32.2. The number of para-hydroxylation sites is 1. The van der Waals surface area contributed by atoms with Gasteiger partial charge in [0.15, 0.2) is 6.61 Å². The Balaban J connectivity index is 1.44. The molecule has 1 aliphatic carbocycles. The standard InChI is InChI=1S/C19H24N2O4S/c1-12-6-2-3-7-13(12)20-17(22)11-25-18(23)10-16-19(24)21-14-8-4-5-9-15(14)26-16/h4-5,8-9,12-13,16H,2-3,6-7,10-11H2,1H3,(H,20,22)(H,21,24)/t12-,13-,16+/m0/s1. The maximum Gasteiger partial charge on any atom is 0.307 e. The van der Waals surface area contributed by atoms with E-state index < -0.39 is 11.2 Å². The van der Waals surface area contributed by atoms with Gasteiger partial charge in [-0.3, -0.25) is 14.4 Å². The summed E-state index contributed by atoms with van der Waals surface area (Å²) >= 11 is 1.34. The van der Waals surface area contributed by atoms with E-state index in [9.17, 15) is 14.4 Å². The van der Waals surface area contributed by atoms with Crippen molar-refractivity contribution in [3.05, 3.63) is 24.3 Å². The zero-order valence-corrected chi connectivity index (χ0v) is 15.6. The number of rotatable bonds is 5. The molecule has 3 rings (SSSR count). The van der Waals surface area contributed by atoms with Gasteiger partial charge in [-0.1, -0.05) is 31.9 Å². The van der Waals surface area contributed by atoms with Gasteiger partial charge in [-0.25, -0.2) is 0 Å². The number of esters is 1. The molecule has 0 spiro atoms. The van der Waals surface area contributed by atoms with Crippen molar-refractivity contribution >= 4 is 35.2 Å². The van der Waals surface area contributed by atoms with Gasteiger partial charge in [0.2, 0.25) is 5.91 Å². The Kier molecular flexibility index (Phi) is 6.19. The van der Waals surface area contributed by atoms with Crippen LogP contribution in [0.5, 0.6) is 0 Å². The molecule has 2 N–H and O–H groups in total. The summed E-state index contributed by atoms with van der Waals surface area (Å²) in [4.78, 5) is 37.1. The van der Waals surface area contributed by atoms with Crippen LogP contribution in [-0.2, 0) is 19.1 Å². The Morgan fingerprint density at radius 3 is 2.85 bits per heavy atom. The molecule has 1 aromatic rings. The highest BCUT2D eigenvalue weighted by Crippen LogP contribution is 2.36. The Hall–Kier alpha value is -2.02. The molecule has 1 heterocycles. The molecule has 0 aromatic heterocycles. The van der Waals surface area contributed by atoms with Gasteiger partial charge in [-0.2, -0.15) is 0 Å². The SMILES string of the molecule is C[C@H]1CCCC[C@@H]1NC(=O)COC(=O)C[C@H]1Sc2ccccc2NC1=O. The number of hydrogen-bond donors (Lipinski definition) is 2. The van der Waals surface area contributed by atoms with Gasteiger partial charge in [0, 0.05) is 10.9 Å². The number of nitrogens with one attached hydrogen (secondary N) is 2. The third-order valence-corrected chi connectivity index (χ3v) is 6.16. The van der Waals surface area contributed by atoms with Crippen molar-refractivity contribution in [1.29, 1.82) is 0 Å². The third kappa shape index (κ3) is 4.78. The number of benzene rings is 1. The van der Waals surface area contributed by atoms with Gasteiger partial charge in [-0.15, -0.1) is 11.8 Å². The summed E-state index contributed by atoms with van der Waals surface area (Å²) in [5, 5.41) is 5.20. The van der Waals surface area contributed by atoms with Crippen LogP contribution in [0.15, 0.2) is 29.2 Å². The average molecular weight is 376 g/mol. The fourth-order valence-electron chi connectivity index (χ4n) is 3.36. The van der Waals surface area contributed by atoms with Gasteiger partial charge < -0.3 is 15.4 Å². The monoisotopic (exact) mass is 376 g/mol. The van der Waals surface area contributed by atoms with E-state index in [0.717, 1.165) is 29.8 Å². The van der Waals surface area contributed by atoms with Crippen LogP contribution >= 0.6 is 11.8 Å². The third-order valence-electron chi connectivity index (χ3n) is 4.88. The average Bonchev–Trinajstić information content (AvgIpc) is 2.62. The summed E-state index contributed by atoms with van der Waals surface area (Å²) in [6.07, 6.45) is 4.34. The van der Waals surface area contributed by atoms with E-state index in [4.69, 9.17) is 4.74 Å². The van der Waals surface area contributed by atoms with Gasteiger partial charge in [0.05, 0.1) is 17.4 Å². The summed E-state index contributed by atoms with van der Waals surface area (Å²) in [5.74, 6) is -0.580. The Morgan fingerprint density at radius 2 is 2.04 bits per heavy atom. The summed E-state index contributed by atoms with van der Waals surface area (Å²) in [6, 6.07) is 7.61. The highest BCUT2D eigenvalue weighted by Gasteiger charge is 2.30. The maximum absolute atomic E-state index is 12.1. The van der Waals surface area contributed by atoms with Crippen molar-refractivity contribution in [2.75, 3.05) is 11.9 Å². The molecule has 3 atom stereocenters. The highest BCUT2D eigenvalue weighted by molar-refractivity contribution is 8.01. The van der Waals surface area contributed by atoms with Crippen molar-refractivity contribution < 1.29 is 19.1 Å². The molecule has 1 saturated carbocycles. The topological polar surface area (TPSA) is 84.5 Å². The zero-order valence-electron chi connectivity index (χ0n) is 14.8. The van der Waals surface area contributed by atoms with E-state index in [0.29, 0.717) is 5.92 Å². The van der Waals surface area contributed by atoms with E-state index in [1.807, 2.05) is 24.3 Å². The van der Waals surface area contributed by atoms with Crippen molar-refractivity contribution in [2.45, 2.75) is 55.2 Å². The fraction of sp³-hybridized carbons (Fsp3) is 0.526. The van der Waals surface area contributed by atoms with Gasteiger partial charge in [-0.05, 0) is 30.9 Å². The maximum atomic E-state index is 12.1. The second kappa shape index (κ2) is 8.58. The van der Waals surface area contributed by atoms with E-state index in [1.54, 1.807) is 0 Å². The number of carbonyl (C=O) groups is 3. The van der Waals surface area contributed by atoms with Crippen LogP contribution in [0.1, 0.15) is 39.0 Å². The molecule has 26 heavy (non-hydrogen) atoms. The summed E-state index contributed by atoms with van der Waals surface area (Å²) in [6.45, 7) is 1.84. The minimum atomic E-state index is -0.543. The predicted molar refractivity (Wildman–Crippen MR) is 99.9 cm³/mol. The lowest BCUT2D eigenvalue weighted by atomic mass is 9.86. The number of ether oxygens (including phenoxy) is 1. The molecule has 6 nitrogen and oxygen atoms in total. The molecule has 0 radical (unpaired) electrons. The van der Waals surface area contributed by atoms with Crippen LogP contribution in [0.4, 0.5) is 5.69 Å². The van der Waals surface area contributed by atoms with Gasteiger partial charge in [0.1, 0.15) is 0 Å².